The second-order valence-electron chi connectivity index (χ2n) is 6.77. The Bertz CT molecular complexity index is 535. The minimum atomic E-state index is 0.149. The smallest absolute Gasteiger partial charge is 0.231 e. The Balaban J connectivity index is 1.46. The van der Waals surface area contributed by atoms with Crippen molar-refractivity contribution in [2.45, 2.75) is 58.3 Å². The van der Waals surface area contributed by atoms with Gasteiger partial charge in [0.2, 0.25) is 12.7 Å². The molecule has 23 heavy (non-hydrogen) atoms. The lowest BCUT2D eigenvalue weighted by atomic mass is 9.79. The zero-order valence-electron chi connectivity index (χ0n) is 14.0. The van der Waals surface area contributed by atoms with Crippen LogP contribution in [0.4, 0.5) is 5.69 Å². The number of ether oxygens (including phenoxy) is 2. The summed E-state index contributed by atoms with van der Waals surface area (Å²) >= 11 is 0. The van der Waals surface area contributed by atoms with Crippen LogP contribution < -0.4 is 14.8 Å². The Morgan fingerprint density at radius 2 is 1.91 bits per heavy atom. The summed E-state index contributed by atoms with van der Waals surface area (Å²) in [4.78, 5) is 12.5. The van der Waals surface area contributed by atoms with Gasteiger partial charge < -0.3 is 14.8 Å². The van der Waals surface area contributed by atoms with Crippen LogP contribution in [0.3, 0.4) is 0 Å². The molecule has 0 atom stereocenters. The molecule has 0 saturated heterocycles. The van der Waals surface area contributed by atoms with Crippen molar-refractivity contribution in [3.05, 3.63) is 18.2 Å². The fourth-order valence-electron chi connectivity index (χ4n) is 3.61. The van der Waals surface area contributed by atoms with Crippen LogP contribution in [0.1, 0.15) is 58.3 Å². The van der Waals surface area contributed by atoms with E-state index in [1.807, 2.05) is 18.2 Å². The molecule has 126 valence electrons. The highest BCUT2D eigenvalue weighted by Crippen LogP contribution is 2.36. The number of carbonyl (C=O) groups is 1. The quantitative estimate of drug-likeness (QED) is 0.771. The van der Waals surface area contributed by atoms with Crippen LogP contribution in [0.15, 0.2) is 18.2 Å². The average Bonchev–Trinajstić information content (AvgIpc) is 3.03. The van der Waals surface area contributed by atoms with Gasteiger partial charge in [0.05, 0.1) is 0 Å². The van der Waals surface area contributed by atoms with Crippen LogP contribution in [0.2, 0.25) is 0 Å². The maximum Gasteiger partial charge on any atom is 0.231 e. The minimum Gasteiger partial charge on any atom is -0.454 e. The van der Waals surface area contributed by atoms with Crippen LogP contribution in [0.5, 0.6) is 11.5 Å². The van der Waals surface area contributed by atoms with Crippen LogP contribution in [0, 0.1) is 11.8 Å². The number of rotatable bonds is 6. The molecular formula is C19H27NO3. The summed E-state index contributed by atoms with van der Waals surface area (Å²) in [5.74, 6) is 2.59. The van der Waals surface area contributed by atoms with Gasteiger partial charge in [-0.05, 0) is 43.7 Å². The third-order valence-corrected chi connectivity index (χ3v) is 5.07. The Kier molecular flexibility index (Phi) is 5.42. The number of hydrogen-bond acceptors (Lipinski definition) is 3. The molecule has 1 aromatic rings. The largest absolute Gasteiger partial charge is 0.454 e. The number of amides is 1. The molecule has 1 aliphatic carbocycles. The predicted molar refractivity (Wildman–Crippen MR) is 90.8 cm³/mol. The first-order valence-electron chi connectivity index (χ1n) is 8.96. The monoisotopic (exact) mass is 317 g/mol. The standard InChI is InChI=1S/C19H27NO3/c1-2-3-4-5-14-6-8-15(9-7-14)19(21)20-16-10-11-17-18(12-16)23-13-22-17/h10-12,14-15H,2-9,13H2,1H3,(H,20,21). The molecule has 0 radical (unpaired) electrons. The van der Waals surface area contributed by atoms with Gasteiger partial charge in [-0.25, -0.2) is 0 Å². The topological polar surface area (TPSA) is 47.6 Å². The number of hydrogen-bond donors (Lipinski definition) is 1. The summed E-state index contributed by atoms with van der Waals surface area (Å²) in [5, 5.41) is 3.03. The van der Waals surface area contributed by atoms with Gasteiger partial charge in [0.1, 0.15) is 0 Å². The van der Waals surface area contributed by atoms with Crippen molar-refractivity contribution in [3.63, 3.8) is 0 Å². The number of unbranched alkanes of at least 4 members (excludes halogenated alkanes) is 2. The van der Waals surface area contributed by atoms with E-state index in [0.717, 1.165) is 30.2 Å². The molecule has 2 aliphatic rings. The predicted octanol–water partition coefficient (Wildman–Crippen LogP) is 4.74. The molecule has 4 nitrogen and oxygen atoms in total. The third kappa shape index (κ3) is 4.18. The number of anilines is 1. The van der Waals surface area contributed by atoms with E-state index in [-0.39, 0.29) is 18.6 Å². The molecule has 1 aromatic carbocycles. The fraction of sp³-hybridized carbons (Fsp3) is 0.632. The van der Waals surface area contributed by atoms with E-state index in [0.29, 0.717) is 5.75 Å². The van der Waals surface area contributed by atoms with E-state index in [9.17, 15) is 4.79 Å². The van der Waals surface area contributed by atoms with Gasteiger partial charge in [0.15, 0.2) is 11.5 Å². The molecule has 0 aromatic heterocycles. The van der Waals surface area contributed by atoms with Crippen LogP contribution in [0.25, 0.3) is 0 Å². The van der Waals surface area contributed by atoms with E-state index >= 15 is 0 Å². The minimum absolute atomic E-state index is 0.149. The second-order valence-corrected chi connectivity index (χ2v) is 6.77. The van der Waals surface area contributed by atoms with Crippen LogP contribution >= 0.6 is 0 Å². The van der Waals surface area contributed by atoms with Crippen molar-refractivity contribution in [1.82, 2.24) is 0 Å². The van der Waals surface area contributed by atoms with Gasteiger partial charge in [-0.3, -0.25) is 4.79 Å². The summed E-state index contributed by atoms with van der Waals surface area (Å²) in [5.41, 5.74) is 0.796. The molecular weight excluding hydrogens is 290 g/mol. The van der Waals surface area contributed by atoms with Gasteiger partial charge in [0.25, 0.3) is 0 Å². The number of benzene rings is 1. The molecule has 4 heteroatoms. The lowest BCUT2D eigenvalue weighted by molar-refractivity contribution is -0.121. The number of carbonyl (C=O) groups excluding carboxylic acids is 1. The van der Waals surface area contributed by atoms with Crippen molar-refractivity contribution in [1.29, 1.82) is 0 Å². The van der Waals surface area contributed by atoms with E-state index in [1.54, 1.807) is 0 Å². The Morgan fingerprint density at radius 1 is 1.13 bits per heavy atom. The average molecular weight is 317 g/mol. The Hall–Kier alpha value is -1.71. The van der Waals surface area contributed by atoms with E-state index in [2.05, 4.69) is 12.2 Å². The Morgan fingerprint density at radius 3 is 2.70 bits per heavy atom. The molecule has 3 rings (SSSR count). The highest BCUT2D eigenvalue weighted by Gasteiger charge is 2.26. The highest BCUT2D eigenvalue weighted by molar-refractivity contribution is 5.92. The summed E-state index contributed by atoms with van der Waals surface area (Å²) in [6, 6.07) is 5.57. The van der Waals surface area contributed by atoms with Gasteiger partial charge in [-0.15, -0.1) is 0 Å². The SMILES string of the molecule is CCCCCC1CCC(C(=O)Nc2ccc3c(c2)OCO3)CC1. The van der Waals surface area contributed by atoms with Gasteiger partial charge in [0, 0.05) is 17.7 Å². The van der Waals surface area contributed by atoms with E-state index < -0.39 is 0 Å². The first-order chi connectivity index (χ1) is 11.3. The summed E-state index contributed by atoms with van der Waals surface area (Å²) in [6.07, 6.45) is 9.74. The molecule has 0 unspecified atom stereocenters. The van der Waals surface area contributed by atoms with Crippen molar-refractivity contribution in [2.75, 3.05) is 12.1 Å². The second kappa shape index (κ2) is 7.71. The molecule has 1 saturated carbocycles. The molecule has 1 amide bonds. The molecule has 1 fully saturated rings. The lowest BCUT2D eigenvalue weighted by Crippen LogP contribution is -2.27. The van der Waals surface area contributed by atoms with Gasteiger partial charge in [-0.2, -0.15) is 0 Å². The summed E-state index contributed by atoms with van der Waals surface area (Å²) < 4.78 is 10.6. The van der Waals surface area contributed by atoms with E-state index in [4.69, 9.17) is 9.47 Å². The van der Waals surface area contributed by atoms with Gasteiger partial charge in [-0.1, -0.05) is 32.6 Å². The lowest BCUT2D eigenvalue weighted by Gasteiger charge is -2.27. The molecule has 1 N–H and O–H groups in total. The van der Waals surface area contributed by atoms with Crippen molar-refractivity contribution < 1.29 is 14.3 Å². The maximum absolute atomic E-state index is 12.5. The first kappa shape index (κ1) is 16.2. The Labute approximate surface area is 138 Å². The van der Waals surface area contributed by atoms with Gasteiger partial charge >= 0.3 is 0 Å². The molecule has 0 spiro atoms. The third-order valence-electron chi connectivity index (χ3n) is 5.07. The first-order valence-corrected chi connectivity index (χ1v) is 8.96. The highest BCUT2D eigenvalue weighted by atomic mass is 16.7. The zero-order valence-corrected chi connectivity index (χ0v) is 14.0. The number of fused-ring (bicyclic) bond motifs is 1. The molecule has 1 aliphatic heterocycles. The summed E-state index contributed by atoms with van der Waals surface area (Å²) in [7, 11) is 0. The van der Waals surface area contributed by atoms with Crippen molar-refractivity contribution in [2.24, 2.45) is 11.8 Å². The van der Waals surface area contributed by atoms with Crippen molar-refractivity contribution in [3.8, 4) is 11.5 Å². The fourth-order valence-corrected chi connectivity index (χ4v) is 3.61. The number of nitrogens with one attached hydrogen (secondary N) is 1. The molecule has 1 heterocycles. The van der Waals surface area contributed by atoms with Crippen LogP contribution in [-0.2, 0) is 4.79 Å². The zero-order chi connectivity index (χ0) is 16.1. The maximum atomic E-state index is 12.5. The van der Waals surface area contributed by atoms with E-state index in [1.165, 1.54) is 38.5 Å². The van der Waals surface area contributed by atoms with Crippen molar-refractivity contribution >= 4 is 11.6 Å². The summed E-state index contributed by atoms with van der Waals surface area (Å²) in [6.45, 7) is 2.51. The molecule has 0 bridgehead atoms. The normalized spacial score (nSPS) is 22.8. The van der Waals surface area contributed by atoms with Crippen LogP contribution in [-0.4, -0.2) is 12.7 Å².